The van der Waals surface area contributed by atoms with Crippen LogP contribution in [0.4, 0.5) is 0 Å². The summed E-state index contributed by atoms with van der Waals surface area (Å²) in [4.78, 5) is 29.3. The van der Waals surface area contributed by atoms with Crippen molar-refractivity contribution in [1.29, 1.82) is 0 Å². The highest BCUT2D eigenvalue weighted by Gasteiger charge is 2.31. The van der Waals surface area contributed by atoms with Crippen LogP contribution >= 0.6 is 0 Å². The molecule has 4 heteroatoms. The Morgan fingerprint density at radius 3 is 2.20 bits per heavy atom. The number of carbonyl (C=O) groups excluding carboxylic acids is 2. The second kappa shape index (κ2) is 12.3. The second-order valence-electron chi connectivity index (χ2n) is 9.58. The first-order chi connectivity index (χ1) is 16.8. The van der Waals surface area contributed by atoms with Gasteiger partial charge in [-0.25, -0.2) is 0 Å². The SMILES string of the molecule is CC[C@H](C)NC(=O)[C@@H](Cc1ccccc1)N(Cc1ccccc1C)C(=O)Cc1cc(C)ccc1C. The van der Waals surface area contributed by atoms with E-state index < -0.39 is 6.04 Å². The lowest BCUT2D eigenvalue weighted by Crippen LogP contribution is -2.52. The standard InChI is InChI=1S/C31H38N2O2/c1-6-25(5)32-31(35)29(19-26-13-8-7-9-14-26)33(21-27-15-11-10-12-23(27)3)30(34)20-28-18-22(2)16-17-24(28)4/h7-18,25,29H,6,19-21H2,1-5H3,(H,32,35)/t25-,29+/m0/s1. The topological polar surface area (TPSA) is 49.4 Å². The Morgan fingerprint density at radius 1 is 0.857 bits per heavy atom. The van der Waals surface area contributed by atoms with Crippen LogP contribution in [0.1, 0.15) is 53.6 Å². The van der Waals surface area contributed by atoms with Gasteiger partial charge in [0.15, 0.2) is 0 Å². The number of hydrogen-bond donors (Lipinski definition) is 1. The fourth-order valence-corrected chi connectivity index (χ4v) is 4.22. The molecule has 0 spiro atoms. The van der Waals surface area contributed by atoms with Crippen LogP contribution in [-0.4, -0.2) is 28.8 Å². The van der Waals surface area contributed by atoms with Crippen LogP contribution in [0, 0.1) is 20.8 Å². The lowest BCUT2D eigenvalue weighted by atomic mass is 9.98. The molecule has 184 valence electrons. The first kappa shape index (κ1) is 26.2. The Kier molecular flexibility index (Phi) is 9.25. The van der Waals surface area contributed by atoms with Crippen molar-refractivity contribution in [2.24, 2.45) is 0 Å². The molecule has 0 saturated heterocycles. The van der Waals surface area contributed by atoms with Crippen molar-refractivity contribution in [3.05, 3.63) is 106 Å². The molecule has 0 fully saturated rings. The molecule has 0 aliphatic heterocycles. The fraction of sp³-hybridized carbons (Fsp3) is 0.355. The minimum Gasteiger partial charge on any atom is -0.352 e. The van der Waals surface area contributed by atoms with E-state index in [4.69, 9.17) is 0 Å². The predicted molar refractivity (Wildman–Crippen MR) is 143 cm³/mol. The summed E-state index contributed by atoms with van der Waals surface area (Å²) >= 11 is 0. The molecule has 1 N–H and O–H groups in total. The Balaban J connectivity index is 2.01. The summed E-state index contributed by atoms with van der Waals surface area (Å²) in [5, 5.41) is 3.14. The Hall–Kier alpha value is -3.40. The van der Waals surface area contributed by atoms with E-state index >= 15 is 0 Å². The van der Waals surface area contributed by atoms with Crippen LogP contribution in [-0.2, 0) is 29.0 Å². The largest absolute Gasteiger partial charge is 0.352 e. The lowest BCUT2D eigenvalue weighted by Gasteiger charge is -2.33. The van der Waals surface area contributed by atoms with Crippen molar-refractivity contribution in [3.8, 4) is 0 Å². The van der Waals surface area contributed by atoms with Crippen molar-refractivity contribution in [2.45, 2.75) is 72.5 Å². The normalized spacial score (nSPS) is 12.6. The summed E-state index contributed by atoms with van der Waals surface area (Å²) in [6.07, 6.45) is 1.56. The molecule has 0 aromatic heterocycles. The van der Waals surface area contributed by atoms with Gasteiger partial charge in [-0.2, -0.15) is 0 Å². The molecule has 0 unspecified atom stereocenters. The fourth-order valence-electron chi connectivity index (χ4n) is 4.22. The minimum absolute atomic E-state index is 0.0372. The third kappa shape index (κ3) is 7.29. The number of benzene rings is 3. The van der Waals surface area contributed by atoms with Crippen molar-refractivity contribution in [2.75, 3.05) is 0 Å². The van der Waals surface area contributed by atoms with Gasteiger partial charge in [0, 0.05) is 19.0 Å². The summed E-state index contributed by atoms with van der Waals surface area (Å²) in [6.45, 7) is 10.6. The van der Waals surface area contributed by atoms with Crippen molar-refractivity contribution < 1.29 is 9.59 Å². The Bertz CT molecular complexity index is 1140. The molecule has 0 aliphatic carbocycles. The molecule has 3 aromatic rings. The van der Waals surface area contributed by atoms with Crippen LogP contribution in [0.25, 0.3) is 0 Å². The van der Waals surface area contributed by atoms with Gasteiger partial charge in [0.1, 0.15) is 6.04 Å². The summed E-state index contributed by atoms with van der Waals surface area (Å²) < 4.78 is 0. The molecule has 3 rings (SSSR count). The summed E-state index contributed by atoms with van der Waals surface area (Å²) in [7, 11) is 0. The molecule has 0 heterocycles. The summed E-state index contributed by atoms with van der Waals surface area (Å²) in [5.74, 6) is -0.145. The van der Waals surface area contributed by atoms with Crippen LogP contribution in [0.15, 0.2) is 72.8 Å². The number of aryl methyl sites for hydroxylation is 3. The smallest absolute Gasteiger partial charge is 0.243 e. The quantitative estimate of drug-likeness (QED) is 0.413. The van der Waals surface area contributed by atoms with E-state index in [9.17, 15) is 9.59 Å². The number of carbonyl (C=O) groups is 2. The van der Waals surface area contributed by atoms with Crippen LogP contribution < -0.4 is 5.32 Å². The van der Waals surface area contributed by atoms with E-state index in [-0.39, 0.29) is 24.3 Å². The molecule has 35 heavy (non-hydrogen) atoms. The summed E-state index contributed by atoms with van der Waals surface area (Å²) in [6, 6.07) is 23.7. The predicted octanol–water partition coefficient (Wildman–Crippen LogP) is 5.71. The van der Waals surface area contributed by atoms with Crippen LogP contribution in [0.2, 0.25) is 0 Å². The Labute approximate surface area is 210 Å². The molecule has 2 amide bonds. The third-order valence-electron chi connectivity index (χ3n) is 6.72. The van der Waals surface area contributed by atoms with Crippen molar-refractivity contribution in [3.63, 3.8) is 0 Å². The minimum atomic E-state index is -0.608. The number of nitrogens with zero attached hydrogens (tertiary/aromatic N) is 1. The maximum Gasteiger partial charge on any atom is 0.243 e. The molecular weight excluding hydrogens is 432 g/mol. The van der Waals surface area contributed by atoms with Gasteiger partial charge in [0.05, 0.1) is 6.42 Å². The number of amides is 2. The molecule has 2 atom stereocenters. The maximum atomic E-state index is 13.9. The number of rotatable bonds is 10. The maximum absolute atomic E-state index is 13.9. The highest BCUT2D eigenvalue weighted by atomic mass is 16.2. The van der Waals surface area contributed by atoms with Gasteiger partial charge in [-0.15, -0.1) is 0 Å². The van der Waals surface area contributed by atoms with E-state index in [0.29, 0.717) is 13.0 Å². The number of nitrogens with one attached hydrogen (secondary N) is 1. The number of hydrogen-bond acceptors (Lipinski definition) is 2. The zero-order valence-corrected chi connectivity index (χ0v) is 21.7. The second-order valence-corrected chi connectivity index (χ2v) is 9.58. The Morgan fingerprint density at radius 2 is 1.51 bits per heavy atom. The average Bonchev–Trinajstić information content (AvgIpc) is 2.85. The van der Waals surface area contributed by atoms with E-state index in [1.807, 2.05) is 89.2 Å². The van der Waals surface area contributed by atoms with Gasteiger partial charge in [0.2, 0.25) is 11.8 Å². The molecule has 4 nitrogen and oxygen atoms in total. The summed E-state index contributed by atoms with van der Waals surface area (Å²) in [5.41, 5.74) is 6.41. The van der Waals surface area contributed by atoms with Gasteiger partial charge in [-0.1, -0.05) is 85.3 Å². The first-order valence-electron chi connectivity index (χ1n) is 12.5. The monoisotopic (exact) mass is 470 g/mol. The molecule has 0 bridgehead atoms. The van der Waals surface area contributed by atoms with E-state index in [0.717, 1.165) is 39.8 Å². The van der Waals surface area contributed by atoms with E-state index in [2.05, 4.69) is 23.5 Å². The lowest BCUT2D eigenvalue weighted by molar-refractivity contribution is -0.141. The van der Waals surface area contributed by atoms with Gasteiger partial charge in [-0.3, -0.25) is 9.59 Å². The van der Waals surface area contributed by atoms with Gasteiger partial charge < -0.3 is 10.2 Å². The van der Waals surface area contributed by atoms with Crippen LogP contribution in [0.5, 0.6) is 0 Å². The molecule has 0 radical (unpaired) electrons. The zero-order chi connectivity index (χ0) is 25.4. The van der Waals surface area contributed by atoms with Gasteiger partial charge >= 0.3 is 0 Å². The highest BCUT2D eigenvalue weighted by molar-refractivity contribution is 5.89. The van der Waals surface area contributed by atoms with Crippen LogP contribution in [0.3, 0.4) is 0 Å². The van der Waals surface area contributed by atoms with Crippen molar-refractivity contribution >= 4 is 11.8 Å². The zero-order valence-electron chi connectivity index (χ0n) is 21.7. The van der Waals surface area contributed by atoms with E-state index in [1.54, 1.807) is 4.90 Å². The first-order valence-corrected chi connectivity index (χ1v) is 12.5. The molecule has 0 aliphatic rings. The average molecular weight is 471 g/mol. The third-order valence-corrected chi connectivity index (χ3v) is 6.72. The van der Waals surface area contributed by atoms with E-state index in [1.165, 1.54) is 0 Å². The molecule has 0 saturated carbocycles. The molecular formula is C31H38N2O2. The molecule has 3 aromatic carbocycles. The van der Waals surface area contributed by atoms with Crippen molar-refractivity contribution in [1.82, 2.24) is 10.2 Å². The van der Waals surface area contributed by atoms with Gasteiger partial charge in [0.25, 0.3) is 0 Å². The van der Waals surface area contributed by atoms with Gasteiger partial charge in [-0.05, 0) is 61.9 Å². The highest BCUT2D eigenvalue weighted by Crippen LogP contribution is 2.20.